The second-order valence-corrected chi connectivity index (χ2v) is 7.36. The first-order valence-corrected chi connectivity index (χ1v) is 9.29. The van der Waals surface area contributed by atoms with E-state index in [9.17, 15) is 31.1 Å². The van der Waals surface area contributed by atoms with Crippen molar-refractivity contribution in [2.75, 3.05) is 33.7 Å². The lowest BCUT2D eigenvalue weighted by Gasteiger charge is -2.43. The molecule has 0 bridgehead atoms. The fourth-order valence-electron chi connectivity index (χ4n) is 3.32. The summed E-state index contributed by atoms with van der Waals surface area (Å²) in [6.07, 6.45) is -6.69. The molecule has 0 saturated heterocycles. The Balaban J connectivity index is 1.97. The minimum atomic E-state index is -4.49. The van der Waals surface area contributed by atoms with Gasteiger partial charge in [0.15, 0.2) is 5.96 Å². The van der Waals surface area contributed by atoms with Crippen molar-refractivity contribution in [1.29, 1.82) is 0 Å². The van der Waals surface area contributed by atoms with Crippen LogP contribution < -0.4 is 10.6 Å². The molecule has 1 fully saturated rings. The van der Waals surface area contributed by atoms with Gasteiger partial charge in [0.2, 0.25) is 5.91 Å². The molecule has 0 aromatic heterocycles. The molecule has 1 aromatic carbocycles. The number of likely N-dealkylation sites (N-methyl/N-ethyl adjacent to an activating group) is 1. The number of carbonyl (C=O) groups excluding carboxylic acids is 1. The van der Waals surface area contributed by atoms with Crippen LogP contribution in [0, 0.1) is 0 Å². The second-order valence-electron chi connectivity index (χ2n) is 7.36. The van der Waals surface area contributed by atoms with E-state index in [1.165, 1.54) is 13.1 Å². The van der Waals surface area contributed by atoms with Gasteiger partial charge in [0.25, 0.3) is 0 Å². The van der Waals surface area contributed by atoms with Crippen molar-refractivity contribution in [3.8, 4) is 0 Å². The van der Waals surface area contributed by atoms with Crippen molar-refractivity contribution in [3.63, 3.8) is 0 Å². The highest BCUT2D eigenvalue weighted by molar-refractivity contribution is 5.86. The van der Waals surface area contributed by atoms with E-state index < -0.39 is 42.3 Å². The molecule has 168 valence electrons. The highest BCUT2D eigenvalue weighted by Crippen LogP contribution is 2.44. The van der Waals surface area contributed by atoms with Crippen LogP contribution in [0.15, 0.2) is 29.3 Å². The van der Waals surface area contributed by atoms with Crippen molar-refractivity contribution >= 4 is 11.9 Å². The first-order valence-electron chi connectivity index (χ1n) is 9.29. The summed E-state index contributed by atoms with van der Waals surface area (Å²) in [5.74, 6) is -0.589. The van der Waals surface area contributed by atoms with Crippen molar-refractivity contribution in [3.05, 3.63) is 35.4 Å². The average Bonchev–Trinajstić information content (AvgIpc) is 2.61. The van der Waals surface area contributed by atoms with E-state index in [0.717, 1.165) is 25.6 Å². The summed E-state index contributed by atoms with van der Waals surface area (Å²) in [5.41, 5.74) is -0.657. The molecule has 0 radical (unpaired) electrons. The normalized spacial score (nSPS) is 16.6. The van der Waals surface area contributed by atoms with Gasteiger partial charge in [-0.1, -0.05) is 24.6 Å². The quantitative estimate of drug-likeness (QED) is 0.407. The van der Waals surface area contributed by atoms with Gasteiger partial charge in [-0.15, -0.1) is 0 Å². The van der Waals surface area contributed by atoms with E-state index in [2.05, 4.69) is 15.6 Å². The summed E-state index contributed by atoms with van der Waals surface area (Å²) < 4.78 is 76.2. The average molecular weight is 438 g/mol. The predicted molar refractivity (Wildman–Crippen MR) is 100 cm³/mol. The molecule has 30 heavy (non-hydrogen) atoms. The molecule has 0 heterocycles. The summed E-state index contributed by atoms with van der Waals surface area (Å²) in [4.78, 5) is 16.3. The van der Waals surface area contributed by atoms with Gasteiger partial charge in [0.1, 0.15) is 6.54 Å². The molecule has 5 nitrogen and oxygen atoms in total. The fourth-order valence-corrected chi connectivity index (χ4v) is 3.32. The lowest BCUT2D eigenvalue weighted by Crippen LogP contribution is -2.50. The zero-order chi connectivity index (χ0) is 22.6. The van der Waals surface area contributed by atoms with Crippen LogP contribution in [0.1, 0.15) is 30.4 Å². The molecule has 1 amide bonds. The summed E-state index contributed by atoms with van der Waals surface area (Å²) >= 11 is 0. The number of rotatable bonds is 6. The molecule has 1 aromatic rings. The number of carbonyl (C=O) groups is 1. The number of nitrogens with zero attached hydrogens (tertiary/aromatic N) is 2. The first-order chi connectivity index (χ1) is 13.9. The first kappa shape index (κ1) is 23.8. The summed E-state index contributed by atoms with van der Waals surface area (Å²) in [7, 11) is 2.47. The van der Waals surface area contributed by atoms with Crippen LogP contribution in [-0.4, -0.2) is 56.7 Å². The maximum Gasteiger partial charge on any atom is 0.416 e. The Labute approximate surface area is 170 Å². The lowest BCUT2D eigenvalue weighted by atomic mass is 9.64. The van der Waals surface area contributed by atoms with E-state index in [4.69, 9.17) is 0 Å². The minimum absolute atomic E-state index is 0.182. The number of alkyl halides is 6. The van der Waals surface area contributed by atoms with Crippen LogP contribution in [0.5, 0.6) is 0 Å². The molecule has 2 N–H and O–H groups in total. The van der Waals surface area contributed by atoms with Crippen molar-refractivity contribution in [2.24, 2.45) is 4.99 Å². The zero-order valence-corrected chi connectivity index (χ0v) is 16.6. The maximum atomic E-state index is 13.0. The number of hydrogen-bond acceptors (Lipinski definition) is 2. The Morgan fingerprint density at radius 1 is 1.17 bits per heavy atom. The van der Waals surface area contributed by atoms with E-state index in [1.54, 1.807) is 6.07 Å². The number of nitrogens with one attached hydrogen (secondary N) is 2. The van der Waals surface area contributed by atoms with E-state index in [1.807, 2.05) is 0 Å². The number of guanidine groups is 1. The monoisotopic (exact) mass is 438 g/mol. The highest BCUT2D eigenvalue weighted by Gasteiger charge is 2.40. The fraction of sp³-hybridized carbons (Fsp3) is 0.579. The number of halogens is 6. The van der Waals surface area contributed by atoms with Crippen molar-refractivity contribution < 1.29 is 31.1 Å². The van der Waals surface area contributed by atoms with Crippen LogP contribution in [-0.2, 0) is 16.4 Å². The van der Waals surface area contributed by atoms with Gasteiger partial charge in [0.05, 0.1) is 12.1 Å². The van der Waals surface area contributed by atoms with E-state index in [0.29, 0.717) is 23.3 Å². The van der Waals surface area contributed by atoms with Crippen LogP contribution in [0.4, 0.5) is 26.3 Å². The number of hydrogen-bond donors (Lipinski definition) is 2. The molecular formula is C19H24F6N4O. The van der Waals surface area contributed by atoms with Crippen LogP contribution >= 0.6 is 0 Å². The number of aliphatic imine (C=N–C) groups is 1. The van der Waals surface area contributed by atoms with Crippen LogP contribution in [0.25, 0.3) is 0 Å². The smallest absolute Gasteiger partial charge is 0.356 e. The highest BCUT2D eigenvalue weighted by atomic mass is 19.4. The third-order valence-corrected chi connectivity index (χ3v) is 5.18. The van der Waals surface area contributed by atoms with Gasteiger partial charge in [-0.2, -0.15) is 26.3 Å². The Morgan fingerprint density at radius 2 is 1.83 bits per heavy atom. The Morgan fingerprint density at radius 3 is 2.33 bits per heavy atom. The van der Waals surface area contributed by atoms with Crippen LogP contribution in [0.2, 0.25) is 0 Å². The lowest BCUT2D eigenvalue weighted by molar-refractivity contribution is -0.157. The molecule has 1 aliphatic carbocycles. The molecule has 0 atom stereocenters. The molecular weight excluding hydrogens is 414 g/mol. The Bertz CT molecular complexity index is 771. The SMILES string of the molecule is CN=C(NCC(=O)N(C)CC(F)(F)F)NCC1(c2cccc(C(F)(F)F)c2)CCC1. The Kier molecular flexibility index (Phi) is 7.25. The third-order valence-electron chi connectivity index (χ3n) is 5.18. The largest absolute Gasteiger partial charge is 0.416 e. The van der Waals surface area contributed by atoms with Gasteiger partial charge in [-0.3, -0.25) is 9.79 Å². The van der Waals surface area contributed by atoms with E-state index in [-0.39, 0.29) is 12.5 Å². The predicted octanol–water partition coefficient (Wildman–Crippen LogP) is 3.31. The summed E-state index contributed by atoms with van der Waals surface area (Å²) in [6, 6.07) is 5.20. The molecule has 0 aliphatic heterocycles. The third kappa shape index (κ3) is 6.27. The molecule has 1 aliphatic rings. The Hall–Kier alpha value is -2.46. The molecule has 11 heteroatoms. The maximum absolute atomic E-state index is 13.0. The summed E-state index contributed by atoms with van der Waals surface area (Å²) in [6.45, 7) is -1.48. The van der Waals surface area contributed by atoms with Gasteiger partial charge < -0.3 is 15.5 Å². The molecule has 0 spiro atoms. The van der Waals surface area contributed by atoms with Gasteiger partial charge in [-0.05, 0) is 24.5 Å². The molecule has 1 saturated carbocycles. The van der Waals surface area contributed by atoms with E-state index >= 15 is 0 Å². The number of benzene rings is 1. The minimum Gasteiger partial charge on any atom is -0.356 e. The summed E-state index contributed by atoms with van der Waals surface area (Å²) in [5, 5.41) is 5.62. The molecule has 0 unspecified atom stereocenters. The van der Waals surface area contributed by atoms with Crippen molar-refractivity contribution in [1.82, 2.24) is 15.5 Å². The second kappa shape index (κ2) is 9.13. The topological polar surface area (TPSA) is 56.7 Å². The number of amides is 1. The molecule has 2 rings (SSSR count). The van der Waals surface area contributed by atoms with Crippen LogP contribution in [0.3, 0.4) is 0 Å². The van der Waals surface area contributed by atoms with Gasteiger partial charge in [0, 0.05) is 26.1 Å². The van der Waals surface area contributed by atoms with Crippen molar-refractivity contribution in [2.45, 2.75) is 37.0 Å². The van der Waals surface area contributed by atoms with Gasteiger partial charge >= 0.3 is 12.4 Å². The van der Waals surface area contributed by atoms with Gasteiger partial charge in [-0.25, -0.2) is 0 Å². The standard InChI is InChI=1S/C19H24F6N4O/c1-26-16(27-10-15(30)29(2)12-18(20,21)22)28-11-17(7-4-8-17)13-5-3-6-14(9-13)19(23,24)25/h3,5-6,9H,4,7-8,10-12H2,1-2H3,(H2,26,27,28). The zero-order valence-electron chi connectivity index (χ0n) is 16.6.